The number of hydrogen-bond acceptors (Lipinski definition) is 4. The van der Waals surface area contributed by atoms with E-state index in [1.54, 1.807) is 6.07 Å². The molecule has 0 radical (unpaired) electrons. The van der Waals surface area contributed by atoms with Crippen molar-refractivity contribution in [3.8, 4) is 0 Å². The predicted molar refractivity (Wildman–Crippen MR) is 72.3 cm³/mol. The zero-order chi connectivity index (χ0) is 13.2. The second kappa shape index (κ2) is 5.09. The van der Waals surface area contributed by atoms with Gasteiger partial charge in [-0.25, -0.2) is 0 Å². The van der Waals surface area contributed by atoms with Crippen molar-refractivity contribution < 1.29 is 4.79 Å². The Hall–Kier alpha value is -1.75. The van der Waals surface area contributed by atoms with Gasteiger partial charge in [0, 0.05) is 24.7 Å². The normalized spacial score (nSPS) is 20.8. The number of aromatic nitrogens is 3. The lowest BCUT2D eigenvalue weighted by atomic mass is 9.95. The topological polar surface area (TPSA) is 50.5 Å². The van der Waals surface area contributed by atoms with E-state index in [2.05, 4.69) is 22.1 Å². The van der Waals surface area contributed by atoms with Crippen LogP contribution in [0.1, 0.15) is 29.0 Å². The van der Waals surface area contributed by atoms with E-state index < -0.39 is 0 Å². The van der Waals surface area contributed by atoms with E-state index in [-0.39, 0.29) is 0 Å². The molecule has 2 aromatic heterocycles. The van der Waals surface area contributed by atoms with Crippen LogP contribution in [0.3, 0.4) is 0 Å². The second-order valence-electron chi connectivity index (χ2n) is 5.40. The number of likely N-dealkylation sites (tertiary alicyclic amines) is 1. The summed E-state index contributed by atoms with van der Waals surface area (Å²) < 4.78 is 1.94. The van der Waals surface area contributed by atoms with E-state index in [4.69, 9.17) is 0 Å². The van der Waals surface area contributed by atoms with Gasteiger partial charge in [0.1, 0.15) is 5.82 Å². The highest BCUT2D eigenvalue weighted by Gasteiger charge is 2.19. The molecule has 0 aromatic carbocycles. The summed E-state index contributed by atoms with van der Waals surface area (Å²) >= 11 is 0. The van der Waals surface area contributed by atoms with Gasteiger partial charge >= 0.3 is 0 Å². The van der Waals surface area contributed by atoms with E-state index in [0.717, 1.165) is 30.7 Å². The van der Waals surface area contributed by atoms with E-state index in [1.807, 2.05) is 16.7 Å². The first-order chi connectivity index (χ1) is 9.26. The Morgan fingerprint density at radius 3 is 3.11 bits per heavy atom. The van der Waals surface area contributed by atoms with Crippen LogP contribution in [0, 0.1) is 5.92 Å². The predicted octanol–water partition coefficient (Wildman–Crippen LogP) is 1.43. The molecule has 3 rings (SSSR count). The average molecular weight is 258 g/mol. The molecule has 0 bridgehead atoms. The minimum Gasteiger partial charge on any atom is -0.306 e. The average Bonchev–Trinajstić information content (AvgIpc) is 2.81. The van der Waals surface area contributed by atoms with Gasteiger partial charge in [-0.05, 0) is 44.5 Å². The monoisotopic (exact) mass is 258 g/mol. The number of fused-ring (bicyclic) bond motifs is 1. The lowest BCUT2D eigenvalue weighted by Gasteiger charge is -2.29. The molecule has 2 aromatic rings. The van der Waals surface area contributed by atoms with Gasteiger partial charge in [-0.3, -0.25) is 9.20 Å². The van der Waals surface area contributed by atoms with Crippen molar-refractivity contribution >= 4 is 11.9 Å². The number of hydrogen-bond donors (Lipinski definition) is 0. The number of rotatable bonds is 3. The maximum Gasteiger partial charge on any atom is 0.160 e. The molecule has 0 amide bonds. The SMILES string of the molecule is CN1CCCC(Cc2nnc3ccc(C=O)cn23)C1. The minimum atomic E-state index is 0.631. The number of aldehydes is 1. The fraction of sp³-hybridized carbons (Fsp3) is 0.500. The molecular weight excluding hydrogens is 240 g/mol. The fourth-order valence-corrected chi connectivity index (χ4v) is 2.86. The maximum absolute atomic E-state index is 10.9. The molecule has 0 aliphatic carbocycles. The van der Waals surface area contributed by atoms with Crippen molar-refractivity contribution in [2.75, 3.05) is 20.1 Å². The third-order valence-electron chi connectivity index (χ3n) is 3.83. The third kappa shape index (κ3) is 2.51. The van der Waals surface area contributed by atoms with Crippen molar-refractivity contribution in [2.45, 2.75) is 19.3 Å². The molecule has 1 fully saturated rings. The lowest BCUT2D eigenvalue weighted by Crippen LogP contribution is -2.33. The van der Waals surface area contributed by atoms with Crippen molar-refractivity contribution in [3.05, 3.63) is 29.7 Å². The Labute approximate surface area is 112 Å². The van der Waals surface area contributed by atoms with Gasteiger partial charge in [-0.1, -0.05) is 0 Å². The van der Waals surface area contributed by atoms with Crippen molar-refractivity contribution in [2.24, 2.45) is 5.92 Å². The highest BCUT2D eigenvalue weighted by molar-refractivity contribution is 5.74. The molecular formula is C14H18N4O. The third-order valence-corrected chi connectivity index (χ3v) is 3.83. The van der Waals surface area contributed by atoms with E-state index in [9.17, 15) is 4.79 Å². The number of pyridine rings is 1. The molecule has 0 N–H and O–H groups in total. The first kappa shape index (κ1) is 12.3. The van der Waals surface area contributed by atoms with Gasteiger partial charge < -0.3 is 4.90 Å². The van der Waals surface area contributed by atoms with Crippen molar-refractivity contribution in [3.63, 3.8) is 0 Å². The standard InChI is InChI=1S/C14H18N4O/c1-17-6-2-3-11(8-17)7-14-16-15-13-5-4-12(10-19)9-18(13)14/h4-5,9-11H,2-3,6-8H2,1H3. The van der Waals surface area contributed by atoms with Crippen LogP contribution < -0.4 is 0 Å². The Bertz CT molecular complexity index is 592. The van der Waals surface area contributed by atoms with Crippen LogP contribution >= 0.6 is 0 Å². The second-order valence-corrected chi connectivity index (χ2v) is 5.40. The molecule has 1 unspecified atom stereocenters. The quantitative estimate of drug-likeness (QED) is 0.781. The van der Waals surface area contributed by atoms with Crippen LogP contribution in [0.25, 0.3) is 5.65 Å². The number of nitrogens with zero attached hydrogens (tertiary/aromatic N) is 4. The molecule has 5 nitrogen and oxygen atoms in total. The molecule has 19 heavy (non-hydrogen) atoms. The zero-order valence-corrected chi connectivity index (χ0v) is 11.1. The van der Waals surface area contributed by atoms with Crippen molar-refractivity contribution in [1.82, 2.24) is 19.5 Å². The summed E-state index contributed by atoms with van der Waals surface area (Å²) in [6.07, 6.45) is 6.10. The van der Waals surface area contributed by atoms with Crippen LogP contribution in [-0.2, 0) is 6.42 Å². The minimum absolute atomic E-state index is 0.631. The molecule has 3 heterocycles. The lowest BCUT2D eigenvalue weighted by molar-refractivity contribution is 0.112. The summed E-state index contributed by atoms with van der Waals surface area (Å²) in [6.45, 7) is 2.30. The molecule has 1 atom stereocenters. The molecule has 1 aliphatic heterocycles. The zero-order valence-electron chi connectivity index (χ0n) is 11.1. The van der Waals surface area contributed by atoms with E-state index in [0.29, 0.717) is 11.5 Å². The van der Waals surface area contributed by atoms with Crippen LogP contribution in [-0.4, -0.2) is 45.9 Å². The molecule has 1 saturated heterocycles. The van der Waals surface area contributed by atoms with Gasteiger partial charge in [-0.2, -0.15) is 0 Å². The molecule has 100 valence electrons. The summed E-state index contributed by atoms with van der Waals surface area (Å²) in [5.74, 6) is 1.59. The molecule has 5 heteroatoms. The van der Waals surface area contributed by atoms with Gasteiger partial charge in [0.05, 0.1) is 0 Å². The van der Waals surface area contributed by atoms with Crippen LogP contribution in [0.15, 0.2) is 18.3 Å². The highest BCUT2D eigenvalue weighted by atomic mass is 16.1. The molecule has 0 spiro atoms. The van der Waals surface area contributed by atoms with Crippen molar-refractivity contribution in [1.29, 1.82) is 0 Å². The summed E-state index contributed by atoms with van der Waals surface area (Å²) in [7, 11) is 2.17. The molecule has 0 saturated carbocycles. The van der Waals surface area contributed by atoms with Crippen LogP contribution in [0.4, 0.5) is 0 Å². The van der Waals surface area contributed by atoms with Gasteiger partial charge in [0.15, 0.2) is 11.9 Å². The Balaban J connectivity index is 1.85. The Morgan fingerprint density at radius 2 is 2.32 bits per heavy atom. The summed E-state index contributed by atoms with van der Waals surface area (Å²) in [5.41, 5.74) is 1.47. The Morgan fingerprint density at radius 1 is 1.42 bits per heavy atom. The summed E-state index contributed by atoms with van der Waals surface area (Å²) in [5, 5.41) is 8.43. The van der Waals surface area contributed by atoms with Crippen LogP contribution in [0.2, 0.25) is 0 Å². The number of carbonyl (C=O) groups is 1. The largest absolute Gasteiger partial charge is 0.306 e. The maximum atomic E-state index is 10.9. The van der Waals surface area contributed by atoms with Gasteiger partial charge in [0.2, 0.25) is 0 Å². The van der Waals surface area contributed by atoms with E-state index >= 15 is 0 Å². The number of piperidine rings is 1. The molecule has 1 aliphatic rings. The highest BCUT2D eigenvalue weighted by Crippen LogP contribution is 2.19. The summed E-state index contributed by atoms with van der Waals surface area (Å²) in [4.78, 5) is 13.2. The fourth-order valence-electron chi connectivity index (χ4n) is 2.86. The van der Waals surface area contributed by atoms with Crippen LogP contribution in [0.5, 0.6) is 0 Å². The smallest absolute Gasteiger partial charge is 0.160 e. The van der Waals surface area contributed by atoms with Gasteiger partial charge in [-0.15, -0.1) is 10.2 Å². The van der Waals surface area contributed by atoms with Gasteiger partial charge in [0.25, 0.3) is 0 Å². The first-order valence-corrected chi connectivity index (χ1v) is 6.73. The number of carbonyl (C=O) groups excluding carboxylic acids is 1. The summed E-state index contributed by atoms with van der Waals surface area (Å²) in [6, 6.07) is 3.61. The Kier molecular flexibility index (Phi) is 3.29. The van der Waals surface area contributed by atoms with E-state index in [1.165, 1.54) is 19.4 Å². The first-order valence-electron chi connectivity index (χ1n) is 6.73.